The van der Waals surface area contributed by atoms with Crippen molar-refractivity contribution in [3.63, 3.8) is 0 Å². The van der Waals surface area contributed by atoms with Gasteiger partial charge in [0.05, 0.1) is 24.9 Å². The second-order valence-corrected chi connectivity index (χ2v) is 6.75. The van der Waals surface area contributed by atoms with E-state index in [2.05, 4.69) is 31.3 Å². The zero-order chi connectivity index (χ0) is 15.7. The zero-order valence-corrected chi connectivity index (χ0v) is 13.8. The summed E-state index contributed by atoms with van der Waals surface area (Å²) in [5.74, 6) is 1.23. The topological polar surface area (TPSA) is 61.7 Å². The lowest BCUT2D eigenvalue weighted by atomic mass is 9.85. The van der Waals surface area contributed by atoms with Gasteiger partial charge in [-0.15, -0.1) is 0 Å². The predicted octanol–water partition coefficient (Wildman–Crippen LogP) is 2.11. The lowest BCUT2D eigenvalue weighted by molar-refractivity contribution is 0.00706. The van der Waals surface area contributed by atoms with Gasteiger partial charge in [-0.1, -0.05) is 32.4 Å². The highest BCUT2D eigenvalue weighted by atomic mass is 16.5. The Balaban J connectivity index is 2.08. The number of hydrogen-bond acceptors (Lipinski definition) is 4. The van der Waals surface area contributed by atoms with E-state index in [4.69, 9.17) is 4.74 Å². The number of rotatable bonds is 10. The molecule has 4 heteroatoms. The van der Waals surface area contributed by atoms with E-state index in [0.29, 0.717) is 31.5 Å². The molecule has 0 aromatic heterocycles. The summed E-state index contributed by atoms with van der Waals surface area (Å²) in [5, 5.41) is 23.0. The molecule has 4 unspecified atom stereocenters. The summed E-state index contributed by atoms with van der Waals surface area (Å²) in [7, 11) is 0. The smallest absolute Gasteiger partial charge is 0.0897 e. The van der Waals surface area contributed by atoms with Crippen molar-refractivity contribution in [3.8, 4) is 0 Å². The maximum atomic E-state index is 10.0. The van der Waals surface area contributed by atoms with Crippen molar-refractivity contribution in [2.45, 2.75) is 58.2 Å². The van der Waals surface area contributed by atoms with Gasteiger partial charge < -0.3 is 20.3 Å². The molecule has 0 aromatic rings. The third kappa shape index (κ3) is 7.96. The maximum Gasteiger partial charge on any atom is 0.0897 e. The van der Waals surface area contributed by atoms with Crippen molar-refractivity contribution in [1.29, 1.82) is 0 Å². The molecule has 1 aliphatic rings. The van der Waals surface area contributed by atoms with Gasteiger partial charge in [0.15, 0.2) is 0 Å². The Hall–Kier alpha value is -0.420. The van der Waals surface area contributed by atoms with Crippen LogP contribution < -0.4 is 5.32 Å². The Morgan fingerprint density at radius 3 is 2.76 bits per heavy atom. The first-order valence-corrected chi connectivity index (χ1v) is 8.28. The van der Waals surface area contributed by atoms with E-state index in [1.165, 1.54) is 0 Å². The molecule has 0 amide bonds. The average molecular weight is 299 g/mol. The first kappa shape index (κ1) is 18.6. The first-order valence-electron chi connectivity index (χ1n) is 8.28. The molecule has 0 aliphatic heterocycles. The molecule has 4 atom stereocenters. The zero-order valence-electron chi connectivity index (χ0n) is 13.8. The molecule has 21 heavy (non-hydrogen) atoms. The van der Waals surface area contributed by atoms with Crippen LogP contribution in [0.15, 0.2) is 12.2 Å². The van der Waals surface area contributed by atoms with Gasteiger partial charge in [0.2, 0.25) is 0 Å². The summed E-state index contributed by atoms with van der Waals surface area (Å²) in [5.41, 5.74) is -0.695. The number of hydrogen-bond donors (Lipinski definition) is 3. The van der Waals surface area contributed by atoms with Crippen molar-refractivity contribution in [1.82, 2.24) is 5.32 Å². The van der Waals surface area contributed by atoms with Crippen LogP contribution in [0, 0.1) is 11.8 Å². The van der Waals surface area contributed by atoms with Gasteiger partial charge in [-0.3, -0.25) is 0 Å². The average Bonchev–Trinajstić information content (AvgIpc) is 2.40. The fourth-order valence-corrected chi connectivity index (χ4v) is 2.79. The summed E-state index contributed by atoms with van der Waals surface area (Å²) in [6, 6.07) is 0. The highest BCUT2D eigenvalue weighted by molar-refractivity contribution is 4.93. The SMILES string of the molecule is CCCC(C)(O)CNCC(O)COCC1CC=CCC1C. The van der Waals surface area contributed by atoms with E-state index in [9.17, 15) is 10.2 Å². The standard InChI is InChI=1S/C17H33NO3/c1-4-9-17(3,20)13-18-10-16(19)12-21-11-15-8-6-5-7-14(15)2/h5-6,14-16,18-20H,4,7-13H2,1-3H3. The van der Waals surface area contributed by atoms with Gasteiger partial charge >= 0.3 is 0 Å². The van der Waals surface area contributed by atoms with Crippen molar-refractivity contribution >= 4 is 0 Å². The molecule has 0 bridgehead atoms. The van der Waals surface area contributed by atoms with Gasteiger partial charge in [-0.05, 0) is 38.0 Å². The minimum atomic E-state index is -0.695. The molecule has 0 spiro atoms. The van der Waals surface area contributed by atoms with E-state index in [0.717, 1.165) is 32.3 Å². The summed E-state index contributed by atoms with van der Waals surface area (Å²) in [4.78, 5) is 0. The molecule has 0 saturated heterocycles. The summed E-state index contributed by atoms with van der Waals surface area (Å²) < 4.78 is 5.65. The van der Waals surface area contributed by atoms with Crippen LogP contribution in [-0.4, -0.2) is 48.2 Å². The molecule has 0 fully saturated rings. The number of allylic oxidation sites excluding steroid dienone is 2. The van der Waals surface area contributed by atoms with Crippen molar-refractivity contribution in [2.75, 3.05) is 26.3 Å². The van der Waals surface area contributed by atoms with E-state index >= 15 is 0 Å². The molecular weight excluding hydrogens is 266 g/mol. The van der Waals surface area contributed by atoms with Crippen molar-refractivity contribution in [2.24, 2.45) is 11.8 Å². The van der Waals surface area contributed by atoms with Gasteiger partial charge in [0.25, 0.3) is 0 Å². The van der Waals surface area contributed by atoms with Crippen molar-refractivity contribution in [3.05, 3.63) is 12.2 Å². The molecule has 1 rings (SSSR count). The fraction of sp³-hybridized carbons (Fsp3) is 0.882. The summed E-state index contributed by atoms with van der Waals surface area (Å²) in [6.07, 6.45) is 7.87. The third-order valence-corrected chi connectivity index (χ3v) is 4.23. The Morgan fingerprint density at radius 1 is 1.38 bits per heavy atom. The normalized spacial score (nSPS) is 26.5. The van der Waals surface area contributed by atoms with Crippen LogP contribution in [0.5, 0.6) is 0 Å². The number of ether oxygens (including phenoxy) is 1. The second kappa shape index (κ2) is 9.57. The third-order valence-electron chi connectivity index (χ3n) is 4.23. The number of aliphatic hydroxyl groups excluding tert-OH is 1. The molecule has 0 saturated carbocycles. The van der Waals surface area contributed by atoms with E-state index in [1.807, 2.05) is 6.92 Å². The first-order chi connectivity index (χ1) is 9.94. The molecule has 0 heterocycles. The monoisotopic (exact) mass is 299 g/mol. The van der Waals surface area contributed by atoms with Crippen LogP contribution in [-0.2, 0) is 4.74 Å². The Morgan fingerprint density at radius 2 is 2.10 bits per heavy atom. The quantitative estimate of drug-likeness (QED) is 0.541. The van der Waals surface area contributed by atoms with E-state index in [1.54, 1.807) is 0 Å². The fourth-order valence-electron chi connectivity index (χ4n) is 2.79. The minimum absolute atomic E-state index is 0.357. The Bertz CT molecular complexity index is 304. The summed E-state index contributed by atoms with van der Waals surface area (Å²) in [6.45, 7) is 8.17. The van der Waals surface area contributed by atoms with Gasteiger partial charge in [-0.2, -0.15) is 0 Å². The number of aliphatic hydroxyl groups is 2. The van der Waals surface area contributed by atoms with Crippen molar-refractivity contribution < 1.29 is 14.9 Å². The molecule has 3 N–H and O–H groups in total. The lowest BCUT2D eigenvalue weighted by Gasteiger charge is -2.26. The van der Waals surface area contributed by atoms with E-state index in [-0.39, 0.29) is 0 Å². The second-order valence-electron chi connectivity index (χ2n) is 6.75. The maximum absolute atomic E-state index is 10.0. The Kier molecular flexibility index (Phi) is 8.49. The molecule has 124 valence electrons. The predicted molar refractivity (Wildman–Crippen MR) is 86.3 cm³/mol. The van der Waals surface area contributed by atoms with Crippen LogP contribution in [0.25, 0.3) is 0 Å². The highest BCUT2D eigenvalue weighted by Gasteiger charge is 2.20. The Labute approximate surface area is 129 Å². The van der Waals surface area contributed by atoms with Gasteiger partial charge in [0, 0.05) is 13.1 Å². The van der Waals surface area contributed by atoms with Crippen LogP contribution in [0.3, 0.4) is 0 Å². The van der Waals surface area contributed by atoms with Gasteiger partial charge in [0.1, 0.15) is 0 Å². The lowest BCUT2D eigenvalue weighted by Crippen LogP contribution is -2.41. The largest absolute Gasteiger partial charge is 0.389 e. The molecular formula is C17H33NO3. The number of nitrogens with one attached hydrogen (secondary N) is 1. The molecule has 0 radical (unpaired) electrons. The van der Waals surface area contributed by atoms with Crippen LogP contribution >= 0.6 is 0 Å². The van der Waals surface area contributed by atoms with Crippen LogP contribution in [0.1, 0.15) is 46.5 Å². The minimum Gasteiger partial charge on any atom is -0.389 e. The van der Waals surface area contributed by atoms with Gasteiger partial charge in [-0.25, -0.2) is 0 Å². The highest BCUT2D eigenvalue weighted by Crippen LogP contribution is 2.24. The summed E-state index contributed by atoms with van der Waals surface area (Å²) >= 11 is 0. The van der Waals surface area contributed by atoms with Crippen LogP contribution in [0.2, 0.25) is 0 Å². The van der Waals surface area contributed by atoms with Crippen LogP contribution in [0.4, 0.5) is 0 Å². The van der Waals surface area contributed by atoms with E-state index < -0.39 is 11.7 Å². The molecule has 4 nitrogen and oxygen atoms in total. The molecule has 0 aromatic carbocycles. The molecule has 1 aliphatic carbocycles.